The second-order valence-corrected chi connectivity index (χ2v) is 5.59. The van der Waals surface area contributed by atoms with E-state index in [9.17, 15) is 4.79 Å². The van der Waals surface area contributed by atoms with Crippen LogP contribution in [-0.4, -0.2) is 25.9 Å². The van der Waals surface area contributed by atoms with Gasteiger partial charge in [0.25, 0.3) is 5.91 Å². The molecule has 0 unspecified atom stereocenters. The molecule has 0 fully saturated rings. The van der Waals surface area contributed by atoms with E-state index < -0.39 is 5.91 Å². The van der Waals surface area contributed by atoms with E-state index in [1.165, 1.54) is 0 Å². The number of nitrogens with zero attached hydrogens (tertiary/aromatic N) is 4. The van der Waals surface area contributed by atoms with Crippen LogP contribution in [0.5, 0.6) is 0 Å². The van der Waals surface area contributed by atoms with Crippen molar-refractivity contribution in [3.8, 4) is 11.5 Å². The number of nitrogens with one attached hydrogen (secondary N) is 1. The molecule has 0 radical (unpaired) electrons. The minimum atomic E-state index is -0.395. The largest absolute Gasteiger partial charge is 0.403 e. The van der Waals surface area contributed by atoms with E-state index in [-0.39, 0.29) is 6.01 Å². The molecule has 8 heteroatoms. The molecule has 0 bridgehead atoms. The quantitative estimate of drug-likeness (QED) is 0.774. The fourth-order valence-electron chi connectivity index (χ4n) is 1.84. The zero-order valence-corrected chi connectivity index (χ0v) is 13.5. The maximum atomic E-state index is 12.1. The zero-order valence-electron chi connectivity index (χ0n) is 11.9. The van der Waals surface area contributed by atoms with Gasteiger partial charge in [0.05, 0.1) is 0 Å². The highest BCUT2D eigenvalue weighted by atomic mass is 79.9. The average molecular weight is 362 g/mol. The molecule has 22 heavy (non-hydrogen) atoms. The third-order valence-corrected chi connectivity index (χ3v) is 3.56. The topological polar surface area (TPSA) is 85.8 Å². The van der Waals surface area contributed by atoms with Gasteiger partial charge in [0.1, 0.15) is 0 Å². The van der Waals surface area contributed by atoms with Gasteiger partial charge in [-0.1, -0.05) is 27.1 Å². The van der Waals surface area contributed by atoms with E-state index in [0.717, 1.165) is 15.7 Å². The molecule has 0 saturated heterocycles. The van der Waals surface area contributed by atoms with Crippen molar-refractivity contribution in [2.45, 2.75) is 6.92 Å². The third kappa shape index (κ3) is 2.91. The first-order valence-electron chi connectivity index (χ1n) is 6.44. The van der Waals surface area contributed by atoms with Gasteiger partial charge < -0.3 is 4.42 Å². The first kappa shape index (κ1) is 14.5. The summed E-state index contributed by atoms with van der Waals surface area (Å²) in [7, 11) is 1.77. The predicted octanol–water partition coefficient (Wildman–Crippen LogP) is 2.79. The maximum absolute atomic E-state index is 12.1. The van der Waals surface area contributed by atoms with Crippen LogP contribution in [0.15, 0.2) is 39.2 Å². The lowest BCUT2D eigenvalue weighted by Crippen LogP contribution is -2.13. The van der Waals surface area contributed by atoms with Gasteiger partial charge in [0.2, 0.25) is 5.89 Å². The molecule has 2 heterocycles. The molecule has 0 saturated carbocycles. The van der Waals surface area contributed by atoms with Crippen LogP contribution in [-0.2, 0) is 7.05 Å². The SMILES string of the molecule is Cc1cc(C(=O)Nc2nnc(-c3cccc(Br)c3)o2)nn1C. The van der Waals surface area contributed by atoms with Crippen molar-refractivity contribution >= 4 is 27.9 Å². The first-order valence-corrected chi connectivity index (χ1v) is 7.23. The molecule has 0 spiro atoms. The molecule has 112 valence electrons. The van der Waals surface area contributed by atoms with Gasteiger partial charge in [-0.15, -0.1) is 5.10 Å². The van der Waals surface area contributed by atoms with Gasteiger partial charge in [0.15, 0.2) is 5.69 Å². The van der Waals surface area contributed by atoms with Gasteiger partial charge in [-0.2, -0.15) is 5.10 Å². The number of aromatic nitrogens is 4. The Morgan fingerprint density at radius 2 is 2.14 bits per heavy atom. The zero-order chi connectivity index (χ0) is 15.7. The molecule has 1 amide bonds. The van der Waals surface area contributed by atoms with Crippen molar-refractivity contribution in [1.29, 1.82) is 0 Å². The maximum Gasteiger partial charge on any atom is 0.322 e. The van der Waals surface area contributed by atoms with Gasteiger partial charge in [-0.3, -0.25) is 14.8 Å². The van der Waals surface area contributed by atoms with Gasteiger partial charge in [-0.05, 0) is 31.2 Å². The van der Waals surface area contributed by atoms with Crippen molar-refractivity contribution in [2.75, 3.05) is 5.32 Å². The summed E-state index contributed by atoms with van der Waals surface area (Å²) in [5.41, 5.74) is 1.93. The summed E-state index contributed by atoms with van der Waals surface area (Å²) in [6, 6.07) is 9.15. The summed E-state index contributed by atoms with van der Waals surface area (Å²) in [6.45, 7) is 1.86. The van der Waals surface area contributed by atoms with Crippen LogP contribution in [0.25, 0.3) is 11.5 Å². The third-order valence-electron chi connectivity index (χ3n) is 3.06. The first-order chi connectivity index (χ1) is 10.5. The molecular weight excluding hydrogens is 350 g/mol. The number of aryl methyl sites for hydroxylation is 2. The van der Waals surface area contributed by atoms with Crippen molar-refractivity contribution in [3.63, 3.8) is 0 Å². The Balaban J connectivity index is 1.78. The number of halogens is 1. The second-order valence-electron chi connectivity index (χ2n) is 4.67. The molecular formula is C14H12BrN5O2. The average Bonchev–Trinajstić information content (AvgIpc) is 3.07. The lowest BCUT2D eigenvalue weighted by atomic mass is 10.2. The van der Waals surface area contributed by atoms with Crippen LogP contribution in [0, 0.1) is 6.92 Å². The highest BCUT2D eigenvalue weighted by Crippen LogP contribution is 2.23. The minimum Gasteiger partial charge on any atom is -0.403 e. The molecule has 0 atom stereocenters. The smallest absolute Gasteiger partial charge is 0.322 e. The van der Waals surface area contributed by atoms with E-state index in [1.54, 1.807) is 17.8 Å². The number of rotatable bonds is 3. The van der Waals surface area contributed by atoms with Crippen LogP contribution >= 0.6 is 15.9 Å². The lowest BCUT2D eigenvalue weighted by molar-refractivity contribution is 0.101. The molecule has 2 aromatic heterocycles. The van der Waals surface area contributed by atoms with E-state index in [2.05, 4.69) is 36.5 Å². The van der Waals surface area contributed by atoms with E-state index in [1.807, 2.05) is 31.2 Å². The summed E-state index contributed by atoms with van der Waals surface area (Å²) in [4.78, 5) is 12.1. The number of hydrogen-bond acceptors (Lipinski definition) is 5. The monoisotopic (exact) mass is 361 g/mol. The molecule has 1 aromatic carbocycles. The molecule has 7 nitrogen and oxygen atoms in total. The number of anilines is 1. The number of carbonyl (C=O) groups excluding carboxylic acids is 1. The predicted molar refractivity (Wildman–Crippen MR) is 83.3 cm³/mol. The molecule has 3 aromatic rings. The lowest BCUT2D eigenvalue weighted by Gasteiger charge is -1.97. The molecule has 0 aliphatic rings. The summed E-state index contributed by atoms with van der Waals surface area (Å²) in [5.74, 6) is -0.0676. The molecule has 1 N–H and O–H groups in total. The Kier molecular flexibility index (Phi) is 3.76. The van der Waals surface area contributed by atoms with Gasteiger partial charge >= 0.3 is 6.01 Å². The standard InChI is InChI=1S/C14H12BrN5O2/c1-8-6-11(19-20(8)2)12(21)16-14-18-17-13(22-14)9-4-3-5-10(15)7-9/h3-7H,1-2H3,(H,16,18,21). The Labute approximate surface area is 134 Å². The summed E-state index contributed by atoms with van der Waals surface area (Å²) in [6.07, 6.45) is 0. The summed E-state index contributed by atoms with van der Waals surface area (Å²) >= 11 is 3.38. The van der Waals surface area contributed by atoms with Crippen LogP contribution in [0.3, 0.4) is 0 Å². The summed E-state index contributed by atoms with van der Waals surface area (Å²) in [5, 5.41) is 14.4. The Bertz CT molecular complexity index is 820. The molecule has 0 aliphatic carbocycles. The number of hydrogen-bond donors (Lipinski definition) is 1. The van der Waals surface area contributed by atoms with Crippen molar-refractivity contribution < 1.29 is 9.21 Å². The number of carbonyl (C=O) groups is 1. The fraction of sp³-hybridized carbons (Fsp3) is 0.143. The van der Waals surface area contributed by atoms with E-state index in [0.29, 0.717) is 11.6 Å². The second kappa shape index (κ2) is 5.72. The van der Waals surface area contributed by atoms with Crippen LogP contribution in [0.4, 0.5) is 6.01 Å². The normalized spacial score (nSPS) is 10.7. The summed E-state index contributed by atoms with van der Waals surface area (Å²) < 4.78 is 7.97. The van der Waals surface area contributed by atoms with Crippen LogP contribution < -0.4 is 5.32 Å². The van der Waals surface area contributed by atoms with Crippen molar-refractivity contribution in [1.82, 2.24) is 20.0 Å². The Hall–Kier alpha value is -2.48. The van der Waals surface area contributed by atoms with Crippen LogP contribution in [0.2, 0.25) is 0 Å². The molecule has 0 aliphatic heterocycles. The number of benzene rings is 1. The Morgan fingerprint density at radius 1 is 1.32 bits per heavy atom. The molecule has 3 rings (SSSR count). The van der Waals surface area contributed by atoms with Gasteiger partial charge in [0, 0.05) is 22.8 Å². The van der Waals surface area contributed by atoms with Gasteiger partial charge in [-0.25, -0.2) is 0 Å². The van der Waals surface area contributed by atoms with E-state index >= 15 is 0 Å². The highest BCUT2D eigenvalue weighted by molar-refractivity contribution is 9.10. The van der Waals surface area contributed by atoms with E-state index in [4.69, 9.17) is 4.42 Å². The van der Waals surface area contributed by atoms with Crippen LogP contribution in [0.1, 0.15) is 16.2 Å². The van der Waals surface area contributed by atoms with Crippen molar-refractivity contribution in [2.24, 2.45) is 7.05 Å². The highest BCUT2D eigenvalue weighted by Gasteiger charge is 2.15. The number of amides is 1. The minimum absolute atomic E-state index is 0.0308. The van der Waals surface area contributed by atoms with Crippen molar-refractivity contribution in [3.05, 3.63) is 46.2 Å². The fourth-order valence-corrected chi connectivity index (χ4v) is 2.24. The Morgan fingerprint density at radius 3 is 2.82 bits per heavy atom.